The normalized spacial score (nSPS) is 18.3. The lowest BCUT2D eigenvalue weighted by Crippen LogP contribution is -2.46. The minimum Gasteiger partial charge on any atom is -0.481 e. The molecule has 1 saturated heterocycles. The van der Waals surface area contributed by atoms with E-state index >= 15 is 0 Å². The third-order valence-corrected chi connectivity index (χ3v) is 5.17. The first kappa shape index (κ1) is 19.4. The summed E-state index contributed by atoms with van der Waals surface area (Å²) in [6.45, 7) is 10.1. The molecule has 0 bridgehead atoms. The topological polar surface area (TPSA) is 37.8 Å². The lowest BCUT2D eigenvalue weighted by atomic mass is 9.94. The fourth-order valence-corrected chi connectivity index (χ4v) is 3.68. The lowest BCUT2D eigenvalue weighted by molar-refractivity contribution is 0.0902. The second kappa shape index (κ2) is 8.55. The molecule has 3 rings (SSSR count). The van der Waals surface area contributed by atoms with E-state index in [1.54, 1.807) is 14.2 Å². The number of hydrogen-bond donors (Lipinski definition) is 0. The summed E-state index contributed by atoms with van der Waals surface area (Å²) in [5.74, 6) is 1.17. The van der Waals surface area contributed by atoms with E-state index in [-0.39, 0.29) is 0 Å². The molecule has 0 radical (unpaired) electrons. The Balaban J connectivity index is 1.81. The van der Waals surface area contributed by atoms with Crippen molar-refractivity contribution in [3.63, 3.8) is 0 Å². The van der Waals surface area contributed by atoms with Crippen molar-refractivity contribution in [2.24, 2.45) is 0 Å². The van der Waals surface area contributed by atoms with E-state index in [2.05, 4.69) is 59.6 Å². The van der Waals surface area contributed by atoms with Gasteiger partial charge in [0.05, 0.1) is 14.2 Å². The summed E-state index contributed by atoms with van der Waals surface area (Å²) in [4.78, 5) is 9.20. The molecule has 5 heteroatoms. The first-order valence-corrected chi connectivity index (χ1v) is 9.28. The molecule has 2 aromatic rings. The molecule has 0 N–H and O–H groups in total. The van der Waals surface area contributed by atoms with Crippen molar-refractivity contribution in [1.29, 1.82) is 0 Å². The third kappa shape index (κ3) is 4.49. The number of hydrogen-bond acceptors (Lipinski definition) is 5. The van der Waals surface area contributed by atoms with Gasteiger partial charge in [-0.25, -0.2) is 0 Å². The van der Waals surface area contributed by atoms with Gasteiger partial charge >= 0.3 is 0 Å². The number of benzene rings is 1. The largest absolute Gasteiger partial charge is 0.481 e. The molecule has 1 aliphatic heterocycles. The van der Waals surface area contributed by atoms with Crippen LogP contribution >= 0.6 is 0 Å². The average Bonchev–Trinajstić information content (AvgIpc) is 2.69. The van der Waals surface area contributed by atoms with Gasteiger partial charge < -0.3 is 9.47 Å². The van der Waals surface area contributed by atoms with Gasteiger partial charge in [-0.1, -0.05) is 36.4 Å². The molecule has 1 aromatic carbocycles. The number of pyridine rings is 1. The summed E-state index contributed by atoms with van der Waals surface area (Å²) in [7, 11) is 5.47. The molecule has 0 saturated carbocycles. The monoisotopic (exact) mass is 367 g/mol. The van der Waals surface area contributed by atoms with Crippen molar-refractivity contribution in [2.75, 3.05) is 40.9 Å². The van der Waals surface area contributed by atoms with Gasteiger partial charge in [0.15, 0.2) is 0 Å². The molecular formula is C22H29N3O2. The number of piperazine rings is 1. The standard InChI is InChI=1S/C22H29N3O2/c1-16(2)18-8-6-7-9-19(18)20-15-25(11-10-24(20)3)14-17-12-21(26-4)23-22(13-17)27-5/h6-9,12-13,20H,1,10-11,14-15H2,2-5H3. The number of methoxy groups -OCH3 is 2. The summed E-state index contributed by atoms with van der Waals surface area (Å²) in [6, 6.07) is 12.9. The maximum absolute atomic E-state index is 5.31. The summed E-state index contributed by atoms with van der Waals surface area (Å²) in [5.41, 5.74) is 4.86. The molecule has 0 spiro atoms. The van der Waals surface area contributed by atoms with Crippen LogP contribution < -0.4 is 9.47 Å². The van der Waals surface area contributed by atoms with E-state index in [0.717, 1.165) is 37.3 Å². The Morgan fingerprint density at radius 3 is 2.44 bits per heavy atom. The van der Waals surface area contributed by atoms with E-state index in [9.17, 15) is 0 Å². The van der Waals surface area contributed by atoms with E-state index < -0.39 is 0 Å². The van der Waals surface area contributed by atoms with E-state index in [1.165, 1.54) is 11.1 Å². The maximum Gasteiger partial charge on any atom is 0.216 e. The maximum atomic E-state index is 5.31. The molecule has 27 heavy (non-hydrogen) atoms. The Kier molecular flexibility index (Phi) is 6.14. The van der Waals surface area contributed by atoms with Gasteiger partial charge in [-0.2, -0.15) is 4.98 Å². The highest BCUT2D eigenvalue weighted by Gasteiger charge is 2.27. The van der Waals surface area contributed by atoms with E-state index in [4.69, 9.17) is 9.47 Å². The van der Waals surface area contributed by atoms with Crippen LogP contribution in [0.1, 0.15) is 29.7 Å². The van der Waals surface area contributed by atoms with Gasteiger partial charge in [-0.3, -0.25) is 9.80 Å². The smallest absolute Gasteiger partial charge is 0.216 e. The summed E-state index contributed by atoms with van der Waals surface area (Å²) in [5, 5.41) is 0. The van der Waals surface area contributed by atoms with Crippen molar-refractivity contribution >= 4 is 5.57 Å². The zero-order valence-corrected chi connectivity index (χ0v) is 16.7. The van der Waals surface area contributed by atoms with E-state index in [1.807, 2.05) is 12.1 Å². The molecule has 144 valence electrons. The first-order chi connectivity index (χ1) is 13.0. The zero-order valence-electron chi connectivity index (χ0n) is 16.7. The van der Waals surface area contributed by atoms with Gasteiger partial charge in [0.2, 0.25) is 11.8 Å². The average molecular weight is 367 g/mol. The van der Waals surface area contributed by atoms with Crippen molar-refractivity contribution in [3.8, 4) is 11.8 Å². The molecule has 1 aromatic heterocycles. The van der Waals surface area contributed by atoms with Gasteiger partial charge in [-0.15, -0.1) is 0 Å². The van der Waals surface area contributed by atoms with Crippen molar-refractivity contribution in [2.45, 2.75) is 19.5 Å². The molecular weight excluding hydrogens is 338 g/mol. The van der Waals surface area contributed by atoms with Gasteiger partial charge in [-0.05, 0) is 30.7 Å². The van der Waals surface area contributed by atoms with Gasteiger partial charge in [0.1, 0.15) is 0 Å². The van der Waals surface area contributed by atoms with Crippen LogP contribution in [0.4, 0.5) is 0 Å². The predicted octanol–water partition coefficient (Wildman–Crippen LogP) is 3.62. The van der Waals surface area contributed by atoms with Crippen LogP contribution in [0.2, 0.25) is 0 Å². The van der Waals surface area contributed by atoms with Crippen molar-refractivity contribution in [3.05, 3.63) is 59.7 Å². The number of rotatable bonds is 6. The lowest BCUT2D eigenvalue weighted by Gasteiger charge is -2.40. The Hall–Kier alpha value is -2.37. The predicted molar refractivity (Wildman–Crippen MR) is 109 cm³/mol. The Bertz CT molecular complexity index is 784. The summed E-state index contributed by atoms with van der Waals surface area (Å²) < 4.78 is 10.6. The van der Waals surface area contributed by atoms with Crippen LogP contribution in [-0.4, -0.2) is 55.7 Å². The van der Waals surface area contributed by atoms with Crippen molar-refractivity contribution in [1.82, 2.24) is 14.8 Å². The number of ether oxygens (including phenoxy) is 2. The molecule has 0 amide bonds. The molecule has 2 heterocycles. The molecule has 1 unspecified atom stereocenters. The van der Waals surface area contributed by atoms with Crippen LogP contribution in [0.5, 0.6) is 11.8 Å². The van der Waals surface area contributed by atoms with Crippen LogP contribution in [0, 0.1) is 0 Å². The molecule has 1 fully saturated rings. The van der Waals surface area contributed by atoms with Crippen LogP contribution in [-0.2, 0) is 6.54 Å². The van der Waals surface area contributed by atoms with Gasteiger partial charge in [0, 0.05) is 44.4 Å². The van der Waals surface area contributed by atoms with E-state index in [0.29, 0.717) is 17.8 Å². The number of nitrogens with zero attached hydrogens (tertiary/aromatic N) is 3. The molecule has 5 nitrogen and oxygen atoms in total. The Morgan fingerprint density at radius 1 is 1.15 bits per heavy atom. The quantitative estimate of drug-likeness (QED) is 0.780. The minimum atomic E-state index is 0.345. The van der Waals surface area contributed by atoms with Crippen LogP contribution in [0.15, 0.2) is 43.0 Å². The highest BCUT2D eigenvalue weighted by molar-refractivity contribution is 5.65. The fourth-order valence-electron chi connectivity index (χ4n) is 3.68. The third-order valence-electron chi connectivity index (χ3n) is 5.17. The number of allylic oxidation sites excluding steroid dienone is 1. The minimum absolute atomic E-state index is 0.345. The highest BCUT2D eigenvalue weighted by atomic mass is 16.5. The highest BCUT2D eigenvalue weighted by Crippen LogP contribution is 2.30. The van der Waals surface area contributed by atoms with Crippen LogP contribution in [0.3, 0.4) is 0 Å². The molecule has 0 aliphatic carbocycles. The fraction of sp³-hybridized carbons (Fsp3) is 0.409. The second-order valence-electron chi connectivity index (χ2n) is 7.16. The molecule has 1 atom stereocenters. The van der Waals surface area contributed by atoms with Crippen molar-refractivity contribution < 1.29 is 9.47 Å². The zero-order chi connectivity index (χ0) is 19.4. The Morgan fingerprint density at radius 2 is 1.81 bits per heavy atom. The number of likely N-dealkylation sites (N-methyl/N-ethyl adjacent to an activating group) is 1. The summed E-state index contributed by atoms with van der Waals surface area (Å²) >= 11 is 0. The summed E-state index contributed by atoms with van der Waals surface area (Å²) in [6.07, 6.45) is 0. The van der Waals surface area contributed by atoms with Crippen LogP contribution in [0.25, 0.3) is 5.57 Å². The number of aromatic nitrogens is 1. The first-order valence-electron chi connectivity index (χ1n) is 9.28. The second-order valence-corrected chi connectivity index (χ2v) is 7.16. The Labute approximate surface area is 162 Å². The SMILES string of the molecule is C=C(C)c1ccccc1C1CN(Cc2cc(OC)nc(OC)c2)CCN1C. The molecule has 1 aliphatic rings. The van der Waals surface area contributed by atoms with Gasteiger partial charge in [0.25, 0.3) is 0 Å².